The van der Waals surface area contributed by atoms with Gasteiger partial charge in [0.05, 0.1) is 11.4 Å². The van der Waals surface area contributed by atoms with Crippen molar-refractivity contribution in [2.45, 2.75) is 31.3 Å². The third-order valence-corrected chi connectivity index (χ3v) is 7.63. The van der Waals surface area contributed by atoms with Gasteiger partial charge in [-0.25, -0.2) is 0 Å². The van der Waals surface area contributed by atoms with Crippen molar-refractivity contribution in [1.82, 2.24) is 25.0 Å². The Bertz CT molecular complexity index is 1250. The highest BCUT2D eigenvalue weighted by atomic mass is 15.3. The zero-order valence-electron chi connectivity index (χ0n) is 19.2. The first-order valence-corrected chi connectivity index (χ1v) is 12.1. The number of hydrogen-bond donors (Lipinski definition) is 1. The Hall–Kier alpha value is -3.02. The minimum atomic E-state index is 0.567. The predicted molar refractivity (Wildman–Crippen MR) is 133 cm³/mol. The SMILES string of the molecule is Cn1nc(-c2ccc3ccccc3c2)cc1C1CN2CCC1CC2CNCc1ccccn1. The van der Waals surface area contributed by atoms with Crippen LogP contribution in [-0.4, -0.2) is 45.3 Å². The van der Waals surface area contributed by atoms with Crippen molar-refractivity contribution in [3.8, 4) is 11.3 Å². The summed E-state index contributed by atoms with van der Waals surface area (Å²) in [5, 5.41) is 11.1. The molecular formula is C28H31N5. The second-order valence-electron chi connectivity index (χ2n) is 9.63. The number of piperidine rings is 3. The van der Waals surface area contributed by atoms with Crippen LogP contribution in [0.1, 0.15) is 30.1 Å². The lowest BCUT2D eigenvalue weighted by Crippen LogP contribution is -2.55. The fraction of sp³-hybridized carbons (Fsp3) is 0.357. The van der Waals surface area contributed by atoms with Crippen molar-refractivity contribution < 1.29 is 0 Å². The summed E-state index contributed by atoms with van der Waals surface area (Å²) in [4.78, 5) is 7.12. The summed E-state index contributed by atoms with van der Waals surface area (Å²) in [5.74, 6) is 1.30. The lowest BCUT2D eigenvalue weighted by atomic mass is 9.74. The smallest absolute Gasteiger partial charge is 0.0926 e. The van der Waals surface area contributed by atoms with Crippen LogP contribution in [0.5, 0.6) is 0 Å². The number of aromatic nitrogens is 3. The molecule has 5 heteroatoms. The molecule has 0 saturated carbocycles. The van der Waals surface area contributed by atoms with Gasteiger partial charge >= 0.3 is 0 Å². The molecule has 3 saturated heterocycles. The highest BCUT2D eigenvalue weighted by Crippen LogP contribution is 2.42. The van der Waals surface area contributed by atoms with Crippen molar-refractivity contribution in [2.24, 2.45) is 13.0 Å². The number of rotatable bonds is 6. The topological polar surface area (TPSA) is 46.0 Å². The van der Waals surface area contributed by atoms with E-state index >= 15 is 0 Å². The molecule has 4 aromatic rings. The second-order valence-corrected chi connectivity index (χ2v) is 9.63. The van der Waals surface area contributed by atoms with Crippen molar-refractivity contribution in [3.05, 3.63) is 84.3 Å². The van der Waals surface area contributed by atoms with E-state index in [0.29, 0.717) is 12.0 Å². The zero-order valence-corrected chi connectivity index (χ0v) is 19.2. The summed E-state index contributed by atoms with van der Waals surface area (Å²) in [7, 11) is 2.11. The summed E-state index contributed by atoms with van der Waals surface area (Å²) in [5.41, 5.74) is 4.78. The number of nitrogens with zero attached hydrogens (tertiary/aromatic N) is 4. The Morgan fingerprint density at radius 1 is 1.00 bits per heavy atom. The lowest BCUT2D eigenvalue weighted by Gasteiger charge is -2.50. The number of nitrogens with one attached hydrogen (secondary N) is 1. The largest absolute Gasteiger partial charge is 0.310 e. The van der Waals surface area contributed by atoms with Crippen molar-refractivity contribution in [1.29, 1.82) is 0 Å². The van der Waals surface area contributed by atoms with E-state index in [-0.39, 0.29) is 0 Å². The van der Waals surface area contributed by atoms with Crippen LogP contribution in [0.2, 0.25) is 0 Å². The molecular weight excluding hydrogens is 406 g/mol. The minimum absolute atomic E-state index is 0.567. The second kappa shape index (κ2) is 8.73. The van der Waals surface area contributed by atoms with Crippen molar-refractivity contribution in [3.63, 3.8) is 0 Å². The Balaban J connectivity index is 1.15. The standard InChI is InChI=1S/C28H31N5/c1-32-28(16-27(31-32)23-10-9-20-6-2-3-7-21(20)14-23)26-19-33-13-11-22(26)15-25(33)18-29-17-24-8-4-5-12-30-24/h2-10,12,14,16,22,25-26,29H,11,13,15,17-19H2,1H3. The Morgan fingerprint density at radius 2 is 1.88 bits per heavy atom. The summed E-state index contributed by atoms with van der Waals surface area (Å²) < 4.78 is 2.13. The average Bonchev–Trinajstić information content (AvgIpc) is 3.26. The summed E-state index contributed by atoms with van der Waals surface area (Å²) in [6.07, 6.45) is 4.42. The molecule has 5 nitrogen and oxygen atoms in total. The number of benzene rings is 2. The zero-order chi connectivity index (χ0) is 22.2. The molecule has 0 amide bonds. The van der Waals surface area contributed by atoms with E-state index in [0.717, 1.165) is 36.9 Å². The molecule has 2 bridgehead atoms. The number of fused-ring (bicyclic) bond motifs is 4. The molecule has 0 spiro atoms. The van der Waals surface area contributed by atoms with E-state index < -0.39 is 0 Å². The maximum Gasteiger partial charge on any atom is 0.0926 e. The van der Waals surface area contributed by atoms with Crippen molar-refractivity contribution in [2.75, 3.05) is 19.6 Å². The highest BCUT2D eigenvalue weighted by Gasteiger charge is 2.41. The molecule has 2 aromatic carbocycles. The summed E-state index contributed by atoms with van der Waals surface area (Å²) in [6, 6.07) is 24.3. The normalized spacial score (nSPS) is 24.4. The van der Waals surface area contributed by atoms with E-state index in [1.807, 2.05) is 12.3 Å². The Kier molecular flexibility index (Phi) is 5.44. The van der Waals surface area contributed by atoms with E-state index in [4.69, 9.17) is 5.10 Å². The fourth-order valence-corrected chi connectivity index (χ4v) is 5.87. The van der Waals surface area contributed by atoms with Gasteiger partial charge in [0.25, 0.3) is 0 Å². The molecule has 3 aliphatic rings. The van der Waals surface area contributed by atoms with Crippen molar-refractivity contribution >= 4 is 10.8 Å². The van der Waals surface area contributed by atoms with Crippen LogP contribution in [0.3, 0.4) is 0 Å². The van der Waals surface area contributed by atoms with Crippen LogP contribution < -0.4 is 5.32 Å². The molecule has 33 heavy (non-hydrogen) atoms. The van der Waals surface area contributed by atoms with Crippen LogP contribution in [0.15, 0.2) is 72.9 Å². The number of pyridine rings is 1. The molecule has 7 rings (SSSR count). The van der Waals surface area contributed by atoms with Crippen LogP contribution in [0.25, 0.3) is 22.0 Å². The molecule has 3 fully saturated rings. The van der Waals surface area contributed by atoms with Gasteiger partial charge in [-0.05, 0) is 60.3 Å². The molecule has 4 atom stereocenters. The van der Waals surface area contributed by atoms with Gasteiger partial charge in [0.2, 0.25) is 0 Å². The van der Waals surface area contributed by atoms with Gasteiger partial charge in [0, 0.05) is 56.1 Å². The predicted octanol–water partition coefficient (Wildman–Crippen LogP) is 4.60. The van der Waals surface area contributed by atoms with Gasteiger partial charge < -0.3 is 5.32 Å². The quantitative estimate of drug-likeness (QED) is 0.479. The average molecular weight is 438 g/mol. The van der Waals surface area contributed by atoms with Gasteiger partial charge in [-0.2, -0.15) is 5.10 Å². The third kappa shape index (κ3) is 4.07. The van der Waals surface area contributed by atoms with Gasteiger partial charge in [-0.15, -0.1) is 0 Å². The first-order chi connectivity index (χ1) is 16.2. The molecule has 0 aliphatic carbocycles. The summed E-state index contributed by atoms with van der Waals surface area (Å²) in [6.45, 7) is 4.23. The molecule has 1 N–H and O–H groups in total. The van der Waals surface area contributed by atoms with Gasteiger partial charge in [0.15, 0.2) is 0 Å². The molecule has 3 aliphatic heterocycles. The maximum atomic E-state index is 4.93. The van der Waals surface area contributed by atoms with Crippen LogP contribution in [-0.2, 0) is 13.6 Å². The third-order valence-electron chi connectivity index (χ3n) is 7.63. The van der Waals surface area contributed by atoms with E-state index in [1.54, 1.807) is 0 Å². The van der Waals surface area contributed by atoms with Gasteiger partial charge in [0.1, 0.15) is 0 Å². The maximum absolute atomic E-state index is 4.93. The highest BCUT2D eigenvalue weighted by molar-refractivity contribution is 5.86. The first-order valence-electron chi connectivity index (χ1n) is 12.1. The van der Waals surface area contributed by atoms with Crippen LogP contribution in [0, 0.1) is 5.92 Å². The Morgan fingerprint density at radius 3 is 2.70 bits per heavy atom. The lowest BCUT2D eigenvalue weighted by molar-refractivity contribution is 0.0281. The van der Waals surface area contributed by atoms with Crippen LogP contribution >= 0.6 is 0 Å². The monoisotopic (exact) mass is 437 g/mol. The van der Waals surface area contributed by atoms with E-state index in [2.05, 4.69) is 87.6 Å². The summed E-state index contributed by atoms with van der Waals surface area (Å²) >= 11 is 0. The molecule has 168 valence electrons. The number of aryl methyl sites for hydroxylation is 1. The van der Waals surface area contributed by atoms with Crippen LogP contribution in [0.4, 0.5) is 0 Å². The van der Waals surface area contributed by atoms with Gasteiger partial charge in [-0.1, -0.05) is 42.5 Å². The first kappa shape index (κ1) is 20.6. The molecule has 2 aromatic heterocycles. The Labute approximate surface area is 195 Å². The van der Waals surface area contributed by atoms with E-state index in [1.165, 1.54) is 41.4 Å². The minimum Gasteiger partial charge on any atom is -0.310 e. The molecule has 5 heterocycles. The molecule has 4 unspecified atom stereocenters. The van der Waals surface area contributed by atoms with Gasteiger partial charge in [-0.3, -0.25) is 14.6 Å². The van der Waals surface area contributed by atoms with E-state index in [9.17, 15) is 0 Å². The molecule has 0 radical (unpaired) electrons. The number of hydrogen-bond acceptors (Lipinski definition) is 4. The fourth-order valence-electron chi connectivity index (χ4n) is 5.87.